The second kappa shape index (κ2) is 7.28. The Bertz CT molecular complexity index is 403. The fraction of sp³-hybridized carbons (Fsp3) is 0.714. The van der Waals surface area contributed by atoms with Gasteiger partial charge >= 0.3 is 0 Å². The topological polar surface area (TPSA) is 53.1 Å². The van der Waals surface area contributed by atoms with E-state index in [-0.39, 0.29) is 0 Å². The molecular weight excluding hydrogens is 238 g/mol. The first kappa shape index (κ1) is 15.7. The van der Waals surface area contributed by atoms with Gasteiger partial charge in [-0.15, -0.1) is 0 Å². The maximum absolute atomic E-state index is 4.51. The fourth-order valence-electron chi connectivity index (χ4n) is 2.01. The van der Waals surface area contributed by atoms with E-state index in [0.29, 0.717) is 6.04 Å². The van der Waals surface area contributed by atoms with Gasteiger partial charge in [0.05, 0.1) is 0 Å². The molecule has 0 aliphatic heterocycles. The van der Waals surface area contributed by atoms with Crippen LogP contribution < -0.4 is 10.6 Å². The van der Waals surface area contributed by atoms with Crippen molar-refractivity contribution in [2.75, 3.05) is 37.8 Å². The Morgan fingerprint density at radius 2 is 1.79 bits per heavy atom. The summed E-state index contributed by atoms with van der Waals surface area (Å²) in [4.78, 5) is 11.1. The number of nitrogens with one attached hydrogen (secondary N) is 2. The third-order valence-electron chi connectivity index (χ3n) is 2.82. The Kier molecular flexibility index (Phi) is 6.02. The summed E-state index contributed by atoms with van der Waals surface area (Å²) in [6.07, 6.45) is 1.09. The summed E-state index contributed by atoms with van der Waals surface area (Å²) < 4.78 is 0. The molecule has 0 amide bonds. The van der Waals surface area contributed by atoms with Crippen LogP contribution in [0.15, 0.2) is 0 Å². The first-order valence-corrected chi connectivity index (χ1v) is 6.94. The number of likely N-dealkylation sites (N-methyl/N-ethyl adjacent to an activating group) is 1. The minimum atomic E-state index is 0.349. The van der Waals surface area contributed by atoms with E-state index in [2.05, 4.69) is 60.4 Å². The van der Waals surface area contributed by atoms with Crippen LogP contribution in [0.5, 0.6) is 0 Å². The fourth-order valence-corrected chi connectivity index (χ4v) is 2.01. The van der Waals surface area contributed by atoms with Crippen molar-refractivity contribution in [3.8, 4) is 0 Å². The van der Waals surface area contributed by atoms with E-state index >= 15 is 0 Å². The van der Waals surface area contributed by atoms with Crippen molar-refractivity contribution in [1.82, 2.24) is 14.9 Å². The van der Waals surface area contributed by atoms with E-state index in [1.807, 2.05) is 6.92 Å². The molecular formula is C14H27N5. The van der Waals surface area contributed by atoms with Crippen molar-refractivity contribution in [3.63, 3.8) is 0 Å². The second-order valence-electron chi connectivity index (χ2n) is 5.33. The van der Waals surface area contributed by atoms with E-state index < -0.39 is 0 Å². The number of aromatic nitrogens is 2. The molecule has 1 unspecified atom stereocenters. The molecule has 19 heavy (non-hydrogen) atoms. The molecule has 0 fully saturated rings. The van der Waals surface area contributed by atoms with Gasteiger partial charge in [-0.25, -0.2) is 9.97 Å². The highest BCUT2D eigenvalue weighted by Gasteiger charge is 2.11. The van der Waals surface area contributed by atoms with Crippen molar-refractivity contribution >= 4 is 11.6 Å². The van der Waals surface area contributed by atoms with Gasteiger partial charge in [0.1, 0.15) is 17.5 Å². The van der Waals surface area contributed by atoms with Crippen molar-refractivity contribution in [3.05, 3.63) is 11.4 Å². The number of hydrogen-bond acceptors (Lipinski definition) is 5. The van der Waals surface area contributed by atoms with Gasteiger partial charge in [0.2, 0.25) is 0 Å². The van der Waals surface area contributed by atoms with E-state index in [1.54, 1.807) is 0 Å². The molecule has 5 nitrogen and oxygen atoms in total. The predicted molar refractivity (Wildman–Crippen MR) is 81.9 cm³/mol. The average molecular weight is 265 g/mol. The van der Waals surface area contributed by atoms with E-state index in [1.165, 1.54) is 0 Å². The lowest BCUT2D eigenvalue weighted by Gasteiger charge is -2.21. The molecule has 0 radical (unpaired) electrons. The summed E-state index contributed by atoms with van der Waals surface area (Å²) in [7, 11) is 4.15. The molecule has 0 aromatic carbocycles. The average Bonchev–Trinajstić information content (AvgIpc) is 2.30. The summed E-state index contributed by atoms with van der Waals surface area (Å²) in [6.45, 7) is 10.2. The third-order valence-corrected chi connectivity index (χ3v) is 2.82. The molecule has 1 aromatic heterocycles. The molecule has 1 rings (SSSR count). The molecule has 0 spiro atoms. The normalized spacial score (nSPS) is 12.6. The summed E-state index contributed by atoms with van der Waals surface area (Å²) in [6, 6.07) is 0.349. The standard InChI is InChI=1S/C14H27N5/c1-7-8-15-13-11(3)14(18-12(4)17-13)16-10(2)9-19(5)6/h10H,7-9H2,1-6H3,(H2,15,16,17,18). The van der Waals surface area contributed by atoms with Gasteiger partial charge in [-0.3, -0.25) is 0 Å². The van der Waals surface area contributed by atoms with Crippen molar-refractivity contribution < 1.29 is 0 Å². The van der Waals surface area contributed by atoms with Gasteiger partial charge in [0.15, 0.2) is 0 Å². The van der Waals surface area contributed by atoms with E-state index in [0.717, 1.165) is 42.5 Å². The zero-order valence-corrected chi connectivity index (χ0v) is 13.0. The van der Waals surface area contributed by atoms with Crippen LogP contribution in [0.1, 0.15) is 31.7 Å². The molecule has 0 aliphatic rings. The highest BCUT2D eigenvalue weighted by atomic mass is 15.1. The molecule has 1 heterocycles. The van der Waals surface area contributed by atoms with Gasteiger partial charge in [-0.05, 0) is 41.3 Å². The quantitative estimate of drug-likeness (QED) is 0.792. The zero-order chi connectivity index (χ0) is 14.4. The smallest absolute Gasteiger partial charge is 0.135 e. The Morgan fingerprint density at radius 1 is 1.16 bits per heavy atom. The Morgan fingerprint density at radius 3 is 2.37 bits per heavy atom. The SMILES string of the molecule is CCCNc1nc(C)nc(NC(C)CN(C)C)c1C. The van der Waals surface area contributed by atoms with Crippen LogP contribution in [0.2, 0.25) is 0 Å². The van der Waals surface area contributed by atoms with Crippen LogP contribution in [-0.4, -0.2) is 48.1 Å². The summed E-state index contributed by atoms with van der Waals surface area (Å²) in [5, 5.41) is 6.82. The summed E-state index contributed by atoms with van der Waals surface area (Å²) in [5.41, 5.74) is 1.09. The van der Waals surface area contributed by atoms with Gasteiger partial charge in [0, 0.05) is 24.7 Å². The number of aryl methyl sites for hydroxylation is 1. The third kappa shape index (κ3) is 5.03. The summed E-state index contributed by atoms with van der Waals surface area (Å²) in [5.74, 6) is 2.66. The molecule has 108 valence electrons. The lowest BCUT2D eigenvalue weighted by molar-refractivity contribution is 0.392. The van der Waals surface area contributed by atoms with Gasteiger partial charge < -0.3 is 15.5 Å². The monoisotopic (exact) mass is 265 g/mol. The molecule has 2 N–H and O–H groups in total. The zero-order valence-electron chi connectivity index (χ0n) is 13.0. The summed E-state index contributed by atoms with van der Waals surface area (Å²) >= 11 is 0. The van der Waals surface area contributed by atoms with Crippen molar-refractivity contribution in [2.45, 2.75) is 40.2 Å². The molecule has 0 saturated heterocycles. The van der Waals surface area contributed by atoms with Crippen molar-refractivity contribution in [2.24, 2.45) is 0 Å². The van der Waals surface area contributed by atoms with Crippen LogP contribution >= 0.6 is 0 Å². The minimum Gasteiger partial charge on any atom is -0.370 e. The van der Waals surface area contributed by atoms with Gasteiger partial charge in [0.25, 0.3) is 0 Å². The van der Waals surface area contributed by atoms with Crippen LogP contribution in [0.25, 0.3) is 0 Å². The molecule has 0 saturated carbocycles. The Hall–Kier alpha value is -1.36. The predicted octanol–water partition coefficient (Wildman–Crippen LogP) is 2.28. The first-order valence-electron chi connectivity index (χ1n) is 6.94. The first-order chi connectivity index (χ1) is 8.93. The number of anilines is 2. The Balaban J connectivity index is 2.85. The molecule has 1 atom stereocenters. The molecule has 1 aromatic rings. The highest BCUT2D eigenvalue weighted by molar-refractivity contribution is 5.57. The van der Waals surface area contributed by atoms with Crippen LogP contribution in [0.4, 0.5) is 11.6 Å². The molecule has 0 aliphatic carbocycles. The largest absolute Gasteiger partial charge is 0.370 e. The van der Waals surface area contributed by atoms with Crippen LogP contribution in [0, 0.1) is 13.8 Å². The molecule has 0 bridgehead atoms. The number of hydrogen-bond donors (Lipinski definition) is 2. The van der Waals surface area contributed by atoms with E-state index in [4.69, 9.17) is 0 Å². The van der Waals surface area contributed by atoms with Crippen LogP contribution in [0.3, 0.4) is 0 Å². The highest BCUT2D eigenvalue weighted by Crippen LogP contribution is 2.20. The van der Waals surface area contributed by atoms with Gasteiger partial charge in [-0.1, -0.05) is 6.92 Å². The minimum absolute atomic E-state index is 0.349. The van der Waals surface area contributed by atoms with Gasteiger partial charge in [-0.2, -0.15) is 0 Å². The maximum atomic E-state index is 4.51. The maximum Gasteiger partial charge on any atom is 0.135 e. The lowest BCUT2D eigenvalue weighted by Crippen LogP contribution is -2.30. The number of rotatable bonds is 7. The van der Waals surface area contributed by atoms with Crippen LogP contribution in [-0.2, 0) is 0 Å². The Labute approximate surface area is 116 Å². The molecule has 5 heteroatoms. The lowest BCUT2D eigenvalue weighted by atomic mass is 10.2. The number of nitrogens with zero attached hydrogens (tertiary/aromatic N) is 3. The van der Waals surface area contributed by atoms with Crippen molar-refractivity contribution in [1.29, 1.82) is 0 Å². The second-order valence-corrected chi connectivity index (χ2v) is 5.33. The van der Waals surface area contributed by atoms with E-state index in [9.17, 15) is 0 Å².